The summed E-state index contributed by atoms with van der Waals surface area (Å²) in [6.45, 7) is 2.65. The van der Waals surface area contributed by atoms with Crippen molar-refractivity contribution in [3.63, 3.8) is 0 Å². The SMILES string of the molecule is C[C@@H]1Cc2ccccc2CN1C(=O)c1ccccc1-c1cc(C(=O)N(c2ccncc2)c2ccc(O)cc2)c2ccccn12.Cl. The monoisotopic (exact) mass is 614 g/mol. The van der Waals surface area contributed by atoms with Gasteiger partial charge in [-0.3, -0.25) is 19.5 Å². The van der Waals surface area contributed by atoms with Gasteiger partial charge in [0, 0.05) is 48.0 Å². The van der Waals surface area contributed by atoms with Gasteiger partial charge in [0.05, 0.1) is 22.5 Å². The molecule has 224 valence electrons. The molecule has 1 aliphatic rings. The zero-order chi connectivity index (χ0) is 30.2. The van der Waals surface area contributed by atoms with Crippen molar-refractivity contribution in [1.82, 2.24) is 14.3 Å². The summed E-state index contributed by atoms with van der Waals surface area (Å²) in [5, 5.41) is 9.92. The maximum atomic E-state index is 14.5. The van der Waals surface area contributed by atoms with E-state index in [9.17, 15) is 14.7 Å². The Morgan fingerprint density at radius 1 is 0.800 bits per heavy atom. The van der Waals surface area contributed by atoms with Crippen LogP contribution in [0.4, 0.5) is 11.4 Å². The third kappa shape index (κ3) is 5.43. The molecule has 8 heteroatoms. The van der Waals surface area contributed by atoms with E-state index in [4.69, 9.17) is 0 Å². The Morgan fingerprint density at radius 2 is 1.47 bits per heavy atom. The number of halogens is 1. The van der Waals surface area contributed by atoms with E-state index in [1.807, 2.05) is 76.2 Å². The van der Waals surface area contributed by atoms with Crippen molar-refractivity contribution >= 4 is 41.1 Å². The average Bonchev–Trinajstić information content (AvgIpc) is 3.45. The Balaban J connectivity index is 0.00000357. The summed E-state index contributed by atoms with van der Waals surface area (Å²) in [5.74, 6) is -0.175. The smallest absolute Gasteiger partial charge is 0.265 e. The predicted octanol–water partition coefficient (Wildman–Crippen LogP) is 7.69. The minimum atomic E-state index is -0.248. The van der Waals surface area contributed by atoms with Gasteiger partial charge in [0.2, 0.25) is 0 Å². The molecule has 2 amide bonds. The third-order valence-electron chi connectivity index (χ3n) is 8.34. The van der Waals surface area contributed by atoms with Gasteiger partial charge in [0.25, 0.3) is 11.8 Å². The van der Waals surface area contributed by atoms with Crippen molar-refractivity contribution < 1.29 is 14.7 Å². The van der Waals surface area contributed by atoms with Gasteiger partial charge in [-0.2, -0.15) is 0 Å². The Labute approximate surface area is 267 Å². The Bertz CT molecular complexity index is 2010. The first kappa shape index (κ1) is 29.7. The average molecular weight is 615 g/mol. The summed E-state index contributed by atoms with van der Waals surface area (Å²) < 4.78 is 1.97. The van der Waals surface area contributed by atoms with Crippen molar-refractivity contribution in [2.45, 2.75) is 25.9 Å². The fourth-order valence-electron chi connectivity index (χ4n) is 6.13. The highest BCUT2D eigenvalue weighted by molar-refractivity contribution is 6.15. The number of fused-ring (bicyclic) bond motifs is 2. The molecular weight excluding hydrogens is 584 g/mol. The van der Waals surface area contributed by atoms with Gasteiger partial charge in [0.15, 0.2) is 0 Å². The molecule has 0 fully saturated rings. The molecule has 0 spiro atoms. The molecule has 7 rings (SSSR count). The van der Waals surface area contributed by atoms with Crippen molar-refractivity contribution in [2.24, 2.45) is 0 Å². The van der Waals surface area contributed by atoms with Gasteiger partial charge in [-0.05, 0) is 85.1 Å². The van der Waals surface area contributed by atoms with Crippen LogP contribution in [-0.2, 0) is 13.0 Å². The molecule has 0 radical (unpaired) electrons. The number of aromatic hydroxyl groups is 1. The molecule has 0 saturated carbocycles. The second-order valence-electron chi connectivity index (χ2n) is 11.1. The van der Waals surface area contributed by atoms with E-state index in [1.165, 1.54) is 11.1 Å². The lowest BCUT2D eigenvalue weighted by Gasteiger charge is -2.35. The minimum Gasteiger partial charge on any atom is -0.508 e. The second kappa shape index (κ2) is 12.3. The van der Waals surface area contributed by atoms with Crippen LogP contribution in [0.1, 0.15) is 38.8 Å². The van der Waals surface area contributed by atoms with Crippen LogP contribution in [0.3, 0.4) is 0 Å². The lowest BCUT2D eigenvalue weighted by atomic mass is 9.93. The molecule has 7 nitrogen and oxygen atoms in total. The molecule has 1 aliphatic heterocycles. The molecule has 6 aromatic rings. The van der Waals surface area contributed by atoms with Gasteiger partial charge in [-0.25, -0.2) is 0 Å². The Hall–Kier alpha value is -5.40. The van der Waals surface area contributed by atoms with E-state index < -0.39 is 0 Å². The third-order valence-corrected chi connectivity index (χ3v) is 8.34. The number of amides is 2. The number of benzene rings is 3. The number of nitrogens with zero attached hydrogens (tertiary/aromatic N) is 4. The molecule has 0 unspecified atom stereocenters. The minimum absolute atomic E-state index is 0. The topological polar surface area (TPSA) is 78.2 Å². The molecule has 45 heavy (non-hydrogen) atoms. The number of rotatable bonds is 5. The Morgan fingerprint density at radius 3 is 2.24 bits per heavy atom. The summed E-state index contributed by atoms with van der Waals surface area (Å²) in [4.78, 5) is 36.4. The zero-order valence-electron chi connectivity index (χ0n) is 24.6. The van der Waals surface area contributed by atoms with Gasteiger partial charge < -0.3 is 14.4 Å². The van der Waals surface area contributed by atoms with Crippen LogP contribution in [0.5, 0.6) is 5.75 Å². The van der Waals surface area contributed by atoms with Crippen LogP contribution < -0.4 is 4.90 Å². The largest absolute Gasteiger partial charge is 0.508 e. The van der Waals surface area contributed by atoms with E-state index >= 15 is 0 Å². The van der Waals surface area contributed by atoms with Crippen LogP contribution in [0.25, 0.3) is 16.8 Å². The highest BCUT2D eigenvalue weighted by Crippen LogP contribution is 2.35. The first-order valence-electron chi connectivity index (χ1n) is 14.6. The molecular formula is C37H31ClN4O3. The quantitative estimate of drug-likeness (QED) is 0.216. The molecule has 0 aliphatic carbocycles. The molecule has 4 heterocycles. The van der Waals surface area contributed by atoms with Crippen LogP contribution in [-0.4, -0.2) is 37.2 Å². The fraction of sp³-hybridized carbons (Fsp3) is 0.108. The Kier molecular flexibility index (Phi) is 8.11. The van der Waals surface area contributed by atoms with E-state index in [1.54, 1.807) is 53.7 Å². The van der Waals surface area contributed by atoms with E-state index in [-0.39, 0.29) is 36.0 Å². The van der Waals surface area contributed by atoms with Gasteiger partial charge in [-0.1, -0.05) is 48.5 Å². The van der Waals surface area contributed by atoms with Crippen molar-refractivity contribution in [3.05, 3.63) is 150 Å². The molecule has 0 bridgehead atoms. The number of phenolic OH excluding ortho intramolecular Hbond substituents is 1. The van der Waals surface area contributed by atoms with Crippen LogP contribution in [0.15, 0.2) is 128 Å². The van der Waals surface area contributed by atoms with E-state index in [2.05, 4.69) is 24.0 Å². The first-order valence-corrected chi connectivity index (χ1v) is 14.6. The second-order valence-corrected chi connectivity index (χ2v) is 11.1. The molecule has 1 N–H and O–H groups in total. The fourth-order valence-corrected chi connectivity index (χ4v) is 6.13. The molecule has 3 aromatic heterocycles. The number of anilines is 2. The van der Waals surface area contributed by atoms with Gasteiger partial charge >= 0.3 is 0 Å². The summed E-state index contributed by atoms with van der Waals surface area (Å²) in [5.41, 5.74) is 6.98. The maximum Gasteiger partial charge on any atom is 0.265 e. The number of pyridine rings is 2. The van der Waals surface area contributed by atoms with Crippen molar-refractivity contribution in [2.75, 3.05) is 4.90 Å². The van der Waals surface area contributed by atoms with E-state index in [0.29, 0.717) is 34.6 Å². The molecule has 3 aromatic carbocycles. The maximum absolute atomic E-state index is 14.5. The molecule has 0 saturated heterocycles. The first-order chi connectivity index (χ1) is 21.5. The normalized spacial score (nSPS) is 14.0. The lowest BCUT2D eigenvalue weighted by Crippen LogP contribution is -2.42. The number of carbonyl (C=O) groups excluding carboxylic acids is 2. The summed E-state index contributed by atoms with van der Waals surface area (Å²) in [6.07, 6.45) is 6.00. The highest BCUT2D eigenvalue weighted by Gasteiger charge is 2.30. The van der Waals surface area contributed by atoms with Gasteiger partial charge in [-0.15, -0.1) is 12.4 Å². The number of carbonyl (C=O) groups is 2. The zero-order valence-corrected chi connectivity index (χ0v) is 25.4. The van der Waals surface area contributed by atoms with Crippen molar-refractivity contribution in [1.29, 1.82) is 0 Å². The summed E-state index contributed by atoms with van der Waals surface area (Å²) >= 11 is 0. The number of phenols is 1. The van der Waals surface area contributed by atoms with E-state index in [0.717, 1.165) is 17.7 Å². The van der Waals surface area contributed by atoms with Crippen LogP contribution in [0.2, 0.25) is 0 Å². The predicted molar refractivity (Wildman–Crippen MR) is 178 cm³/mol. The van der Waals surface area contributed by atoms with Crippen LogP contribution >= 0.6 is 12.4 Å². The molecule has 1 atom stereocenters. The van der Waals surface area contributed by atoms with Gasteiger partial charge in [0.1, 0.15) is 5.75 Å². The van der Waals surface area contributed by atoms with Crippen molar-refractivity contribution in [3.8, 4) is 17.0 Å². The highest BCUT2D eigenvalue weighted by atomic mass is 35.5. The lowest BCUT2D eigenvalue weighted by molar-refractivity contribution is 0.0659. The number of aromatic nitrogens is 2. The summed E-state index contributed by atoms with van der Waals surface area (Å²) in [6, 6.07) is 33.6. The van der Waals surface area contributed by atoms with Crippen LogP contribution in [0, 0.1) is 0 Å². The summed E-state index contributed by atoms with van der Waals surface area (Å²) in [7, 11) is 0. The number of hydrogen-bond acceptors (Lipinski definition) is 4. The standard InChI is InChI=1S/C37H30N4O3.ClH/c1-25-22-26-8-2-3-9-27(26)24-40(25)36(43)32-11-5-4-10-31(32)35-23-33(34-12-6-7-21-39(34)35)37(44)41(29-17-19-38-20-18-29)28-13-15-30(42)16-14-28;/h2-21,23,25,42H,22,24H2,1H3;1H/t25-;/m1./s1. The number of hydrogen-bond donors (Lipinski definition) is 1.